The molecule has 0 amide bonds. The number of terminal acetylenes is 1. The van der Waals surface area contributed by atoms with Crippen LogP contribution >= 0.6 is 0 Å². The van der Waals surface area contributed by atoms with Crippen molar-refractivity contribution in [2.75, 3.05) is 7.11 Å². The molecule has 0 atom stereocenters. The van der Waals surface area contributed by atoms with E-state index in [1.807, 2.05) is 6.92 Å². The predicted molar refractivity (Wildman–Crippen MR) is 55.6 cm³/mol. The van der Waals surface area contributed by atoms with Crippen molar-refractivity contribution in [2.45, 2.75) is 13.3 Å². The topological polar surface area (TPSA) is 26.3 Å². The van der Waals surface area contributed by atoms with Crippen LogP contribution in [0.4, 0.5) is 0 Å². The Morgan fingerprint density at radius 1 is 1.50 bits per heavy atom. The molecule has 0 unspecified atom stereocenters. The van der Waals surface area contributed by atoms with Crippen LogP contribution in [-0.2, 0) is 0 Å². The predicted octanol–water partition coefficient (Wildman–Crippen LogP) is 2.27. The molecule has 1 aromatic rings. The number of hydrogen-bond donors (Lipinski definition) is 0. The van der Waals surface area contributed by atoms with E-state index >= 15 is 0 Å². The lowest BCUT2D eigenvalue weighted by molar-refractivity contribution is 0.0988. The van der Waals surface area contributed by atoms with Crippen molar-refractivity contribution in [1.29, 1.82) is 0 Å². The van der Waals surface area contributed by atoms with Crippen molar-refractivity contribution < 1.29 is 9.53 Å². The highest BCUT2D eigenvalue weighted by Gasteiger charge is 2.06. The van der Waals surface area contributed by atoms with Crippen LogP contribution in [0.2, 0.25) is 0 Å². The fourth-order valence-electron chi connectivity index (χ4n) is 1.17. The Morgan fingerprint density at radius 2 is 2.21 bits per heavy atom. The normalized spacial score (nSPS) is 9.21. The Kier molecular flexibility index (Phi) is 3.30. The summed E-state index contributed by atoms with van der Waals surface area (Å²) in [6.45, 7) is 1.82. The minimum Gasteiger partial charge on any atom is -0.497 e. The van der Waals surface area contributed by atoms with Crippen LogP contribution in [0.5, 0.6) is 5.75 Å². The summed E-state index contributed by atoms with van der Waals surface area (Å²) in [6, 6.07) is 5.13. The summed E-state index contributed by atoms with van der Waals surface area (Å²) in [7, 11) is 1.55. The zero-order valence-electron chi connectivity index (χ0n) is 8.33. The van der Waals surface area contributed by atoms with Crippen molar-refractivity contribution in [3.63, 3.8) is 0 Å². The standard InChI is InChI=1S/C12H12O2/c1-4-9-6-10(12(13)5-2)8-11(7-9)14-3/h1,6-8H,5H2,2-3H3. The number of Topliss-reactive ketones (excluding diaryl/α,β-unsaturated/α-hetero) is 1. The summed E-state index contributed by atoms with van der Waals surface area (Å²) >= 11 is 0. The van der Waals surface area contributed by atoms with Crippen LogP contribution in [0.25, 0.3) is 0 Å². The number of benzene rings is 1. The second-order valence-corrected chi connectivity index (χ2v) is 2.87. The summed E-state index contributed by atoms with van der Waals surface area (Å²) in [5.74, 6) is 3.18. The zero-order valence-corrected chi connectivity index (χ0v) is 8.33. The van der Waals surface area contributed by atoms with E-state index in [2.05, 4.69) is 5.92 Å². The molecular weight excluding hydrogens is 176 g/mol. The highest BCUT2D eigenvalue weighted by atomic mass is 16.5. The van der Waals surface area contributed by atoms with E-state index in [0.717, 1.165) is 0 Å². The Labute approximate surface area is 83.9 Å². The van der Waals surface area contributed by atoms with E-state index in [-0.39, 0.29) is 5.78 Å². The third-order valence-electron chi connectivity index (χ3n) is 1.95. The first-order chi connectivity index (χ1) is 6.71. The van der Waals surface area contributed by atoms with Gasteiger partial charge in [0.2, 0.25) is 0 Å². The van der Waals surface area contributed by atoms with Gasteiger partial charge >= 0.3 is 0 Å². The van der Waals surface area contributed by atoms with Crippen molar-refractivity contribution in [2.24, 2.45) is 0 Å². The van der Waals surface area contributed by atoms with Gasteiger partial charge < -0.3 is 4.74 Å². The lowest BCUT2D eigenvalue weighted by Crippen LogP contribution is -1.98. The maximum atomic E-state index is 11.4. The van der Waals surface area contributed by atoms with E-state index < -0.39 is 0 Å². The summed E-state index contributed by atoms with van der Waals surface area (Å²) in [4.78, 5) is 11.4. The van der Waals surface area contributed by atoms with Crippen molar-refractivity contribution in [3.05, 3.63) is 29.3 Å². The van der Waals surface area contributed by atoms with Gasteiger partial charge in [0.15, 0.2) is 5.78 Å². The molecule has 0 bridgehead atoms. The van der Waals surface area contributed by atoms with Gasteiger partial charge in [0.25, 0.3) is 0 Å². The third-order valence-corrected chi connectivity index (χ3v) is 1.95. The highest BCUT2D eigenvalue weighted by Crippen LogP contribution is 2.17. The second kappa shape index (κ2) is 4.48. The van der Waals surface area contributed by atoms with Gasteiger partial charge in [-0.15, -0.1) is 6.42 Å². The summed E-state index contributed by atoms with van der Waals surface area (Å²) in [5.41, 5.74) is 1.28. The zero-order chi connectivity index (χ0) is 10.6. The average molecular weight is 188 g/mol. The van der Waals surface area contributed by atoms with Crippen LogP contribution in [0, 0.1) is 12.3 Å². The molecule has 1 rings (SSSR count). The van der Waals surface area contributed by atoms with Crippen molar-refractivity contribution in [1.82, 2.24) is 0 Å². The number of rotatable bonds is 3. The van der Waals surface area contributed by atoms with E-state index in [1.54, 1.807) is 25.3 Å². The van der Waals surface area contributed by atoms with Crippen LogP contribution in [0.15, 0.2) is 18.2 Å². The first-order valence-corrected chi connectivity index (χ1v) is 4.40. The largest absolute Gasteiger partial charge is 0.497 e. The molecule has 72 valence electrons. The van der Waals surface area contributed by atoms with E-state index in [9.17, 15) is 4.79 Å². The molecule has 0 saturated carbocycles. The number of carbonyl (C=O) groups excluding carboxylic acids is 1. The lowest BCUT2D eigenvalue weighted by atomic mass is 10.1. The smallest absolute Gasteiger partial charge is 0.162 e. The summed E-state index contributed by atoms with van der Waals surface area (Å²) < 4.78 is 5.04. The molecule has 0 spiro atoms. The maximum Gasteiger partial charge on any atom is 0.162 e. The Morgan fingerprint density at radius 3 is 2.71 bits per heavy atom. The molecule has 0 radical (unpaired) electrons. The number of ether oxygens (including phenoxy) is 1. The highest BCUT2D eigenvalue weighted by molar-refractivity contribution is 5.96. The molecule has 2 nitrogen and oxygen atoms in total. The molecule has 0 fully saturated rings. The minimum atomic E-state index is 0.0698. The molecule has 0 aliphatic carbocycles. The number of carbonyl (C=O) groups is 1. The first-order valence-electron chi connectivity index (χ1n) is 4.40. The number of methoxy groups -OCH3 is 1. The Bertz CT molecular complexity index is 386. The fraction of sp³-hybridized carbons (Fsp3) is 0.250. The first kappa shape index (κ1) is 10.3. The molecule has 0 aliphatic heterocycles. The van der Waals surface area contributed by atoms with Crippen LogP contribution < -0.4 is 4.74 Å². The Hall–Kier alpha value is -1.75. The van der Waals surface area contributed by atoms with Gasteiger partial charge in [-0.05, 0) is 18.2 Å². The van der Waals surface area contributed by atoms with Gasteiger partial charge in [-0.2, -0.15) is 0 Å². The van der Waals surface area contributed by atoms with Gasteiger partial charge in [0.05, 0.1) is 7.11 Å². The van der Waals surface area contributed by atoms with E-state index in [1.165, 1.54) is 0 Å². The Balaban J connectivity index is 3.19. The van der Waals surface area contributed by atoms with Crippen LogP contribution in [0.1, 0.15) is 29.3 Å². The average Bonchev–Trinajstić information content (AvgIpc) is 2.27. The second-order valence-electron chi connectivity index (χ2n) is 2.87. The third kappa shape index (κ3) is 2.14. The molecular formula is C12H12O2. The van der Waals surface area contributed by atoms with Gasteiger partial charge in [-0.25, -0.2) is 0 Å². The number of hydrogen-bond acceptors (Lipinski definition) is 2. The van der Waals surface area contributed by atoms with E-state index in [0.29, 0.717) is 23.3 Å². The van der Waals surface area contributed by atoms with Gasteiger partial charge in [0.1, 0.15) is 5.75 Å². The van der Waals surface area contributed by atoms with Crippen LogP contribution in [-0.4, -0.2) is 12.9 Å². The molecule has 0 heterocycles. The quantitative estimate of drug-likeness (QED) is 0.537. The SMILES string of the molecule is C#Cc1cc(OC)cc(C(=O)CC)c1. The number of ketones is 1. The van der Waals surface area contributed by atoms with Gasteiger partial charge in [-0.3, -0.25) is 4.79 Å². The van der Waals surface area contributed by atoms with E-state index in [4.69, 9.17) is 11.2 Å². The molecule has 0 aromatic heterocycles. The van der Waals surface area contributed by atoms with Gasteiger partial charge in [-0.1, -0.05) is 12.8 Å². The van der Waals surface area contributed by atoms with Crippen LogP contribution in [0.3, 0.4) is 0 Å². The monoisotopic (exact) mass is 188 g/mol. The minimum absolute atomic E-state index is 0.0698. The molecule has 0 aliphatic rings. The maximum absolute atomic E-state index is 11.4. The summed E-state index contributed by atoms with van der Waals surface area (Å²) in [6.07, 6.45) is 5.74. The molecule has 0 saturated heterocycles. The molecule has 2 heteroatoms. The molecule has 0 N–H and O–H groups in total. The summed E-state index contributed by atoms with van der Waals surface area (Å²) in [5, 5.41) is 0. The van der Waals surface area contributed by atoms with Gasteiger partial charge in [0, 0.05) is 17.5 Å². The molecule has 1 aromatic carbocycles. The van der Waals surface area contributed by atoms with Crippen molar-refractivity contribution >= 4 is 5.78 Å². The molecule has 14 heavy (non-hydrogen) atoms. The lowest BCUT2D eigenvalue weighted by Gasteiger charge is -2.04. The fourth-order valence-corrected chi connectivity index (χ4v) is 1.17. The van der Waals surface area contributed by atoms with Crippen molar-refractivity contribution in [3.8, 4) is 18.1 Å².